The van der Waals surface area contributed by atoms with Gasteiger partial charge in [0.05, 0.1) is 11.4 Å². The first kappa shape index (κ1) is 10.4. The van der Waals surface area contributed by atoms with E-state index >= 15 is 0 Å². The van der Waals surface area contributed by atoms with Gasteiger partial charge in [0.2, 0.25) is 0 Å². The fourth-order valence-electron chi connectivity index (χ4n) is 1.95. The first-order valence-electron chi connectivity index (χ1n) is 5.45. The Hall–Kier alpha value is -1.16. The average molecular weight is 206 g/mol. The molecule has 15 heavy (non-hydrogen) atoms. The lowest BCUT2D eigenvalue weighted by molar-refractivity contribution is 0.481. The van der Waals surface area contributed by atoms with Crippen LogP contribution in [-0.2, 0) is 0 Å². The van der Waals surface area contributed by atoms with Gasteiger partial charge in [-0.1, -0.05) is 0 Å². The minimum Gasteiger partial charge on any atom is -0.352 e. The van der Waals surface area contributed by atoms with Crippen LogP contribution in [0.3, 0.4) is 0 Å². The molecule has 0 aliphatic carbocycles. The summed E-state index contributed by atoms with van der Waals surface area (Å²) in [4.78, 5) is 11.2. The molecule has 1 aromatic heterocycles. The van der Waals surface area contributed by atoms with Crippen LogP contribution in [0.2, 0.25) is 0 Å². The maximum Gasteiger partial charge on any atom is 0.150 e. The van der Waals surface area contributed by atoms with Crippen LogP contribution in [0.15, 0.2) is 6.20 Å². The maximum absolute atomic E-state index is 4.57. The lowest BCUT2D eigenvalue weighted by atomic mass is 10.2. The van der Waals surface area contributed by atoms with Gasteiger partial charge in [-0.15, -0.1) is 0 Å². The van der Waals surface area contributed by atoms with Crippen LogP contribution in [0.4, 0.5) is 5.82 Å². The molecule has 1 saturated heterocycles. The second-order valence-electron chi connectivity index (χ2n) is 4.22. The molecule has 1 N–H and O–H groups in total. The van der Waals surface area contributed by atoms with Crippen LogP contribution < -0.4 is 10.2 Å². The molecule has 0 amide bonds. The molecule has 0 unspecified atom stereocenters. The highest BCUT2D eigenvalue weighted by atomic mass is 15.2. The van der Waals surface area contributed by atoms with Crippen molar-refractivity contribution < 1.29 is 0 Å². The molecule has 82 valence electrons. The molecular weight excluding hydrogens is 188 g/mol. The van der Waals surface area contributed by atoms with Gasteiger partial charge in [0.15, 0.2) is 0 Å². The molecule has 1 aliphatic rings. The number of piperazine rings is 1. The van der Waals surface area contributed by atoms with Gasteiger partial charge in [-0.05, 0) is 20.8 Å². The third-order valence-corrected chi connectivity index (χ3v) is 2.72. The van der Waals surface area contributed by atoms with Crippen molar-refractivity contribution in [2.75, 3.05) is 24.5 Å². The number of anilines is 1. The standard InChI is InChI=1S/C11H18N4/c1-8-6-13-10(3)11(14-8)15-5-4-12-9(2)7-15/h6,9,12H,4-5,7H2,1-3H3/t9-/m1/s1. The van der Waals surface area contributed by atoms with Gasteiger partial charge in [0.1, 0.15) is 5.82 Å². The third-order valence-electron chi connectivity index (χ3n) is 2.72. The normalized spacial score (nSPS) is 21.8. The fraction of sp³-hybridized carbons (Fsp3) is 0.636. The van der Waals surface area contributed by atoms with Crippen LogP contribution in [0.5, 0.6) is 0 Å². The van der Waals surface area contributed by atoms with E-state index in [2.05, 4.69) is 27.1 Å². The van der Waals surface area contributed by atoms with Crippen molar-refractivity contribution in [1.29, 1.82) is 0 Å². The Morgan fingerprint density at radius 1 is 1.47 bits per heavy atom. The summed E-state index contributed by atoms with van der Waals surface area (Å²) in [6.45, 7) is 9.26. The summed E-state index contributed by atoms with van der Waals surface area (Å²) in [6.07, 6.45) is 1.82. The third kappa shape index (κ3) is 2.26. The molecule has 0 saturated carbocycles. The van der Waals surface area contributed by atoms with E-state index in [0.29, 0.717) is 6.04 Å². The SMILES string of the molecule is Cc1cnc(C)c(N2CCN[C@H](C)C2)n1. The number of hydrogen-bond donors (Lipinski definition) is 1. The molecule has 2 heterocycles. The topological polar surface area (TPSA) is 41.1 Å². The highest BCUT2D eigenvalue weighted by Gasteiger charge is 2.18. The molecule has 1 atom stereocenters. The van der Waals surface area contributed by atoms with E-state index in [1.807, 2.05) is 20.0 Å². The monoisotopic (exact) mass is 206 g/mol. The van der Waals surface area contributed by atoms with Crippen molar-refractivity contribution in [3.05, 3.63) is 17.6 Å². The highest BCUT2D eigenvalue weighted by Crippen LogP contribution is 2.16. The summed E-state index contributed by atoms with van der Waals surface area (Å²) in [5.41, 5.74) is 2.01. The molecule has 4 heteroatoms. The molecule has 1 fully saturated rings. The molecule has 2 rings (SSSR count). The quantitative estimate of drug-likeness (QED) is 0.741. The van der Waals surface area contributed by atoms with Gasteiger partial charge in [-0.3, -0.25) is 4.98 Å². The van der Waals surface area contributed by atoms with Crippen molar-refractivity contribution in [3.63, 3.8) is 0 Å². The lowest BCUT2D eigenvalue weighted by Crippen LogP contribution is -2.49. The zero-order valence-corrected chi connectivity index (χ0v) is 9.62. The van der Waals surface area contributed by atoms with E-state index in [4.69, 9.17) is 0 Å². The molecule has 0 aromatic carbocycles. The summed E-state index contributed by atoms with van der Waals surface area (Å²) >= 11 is 0. The lowest BCUT2D eigenvalue weighted by Gasteiger charge is -2.33. The van der Waals surface area contributed by atoms with E-state index in [0.717, 1.165) is 36.8 Å². The summed E-state index contributed by atoms with van der Waals surface area (Å²) in [5.74, 6) is 1.04. The largest absolute Gasteiger partial charge is 0.352 e. The van der Waals surface area contributed by atoms with Crippen molar-refractivity contribution in [3.8, 4) is 0 Å². The Morgan fingerprint density at radius 3 is 3.00 bits per heavy atom. The molecular formula is C11H18N4. The number of aromatic nitrogens is 2. The van der Waals surface area contributed by atoms with E-state index < -0.39 is 0 Å². The fourth-order valence-corrected chi connectivity index (χ4v) is 1.95. The summed E-state index contributed by atoms with van der Waals surface area (Å²) in [6, 6.07) is 0.528. The van der Waals surface area contributed by atoms with E-state index in [1.54, 1.807) is 0 Å². The van der Waals surface area contributed by atoms with Crippen molar-refractivity contribution in [1.82, 2.24) is 15.3 Å². The first-order valence-corrected chi connectivity index (χ1v) is 5.45. The predicted molar refractivity (Wildman–Crippen MR) is 61.2 cm³/mol. The van der Waals surface area contributed by atoms with Gasteiger partial charge in [-0.25, -0.2) is 4.98 Å². The predicted octanol–water partition coefficient (Wildman–Crippen LogP) is 0.892. The van der Waals surface area contributed by atoms with Crippen molar-refractivity contribution in [2.45, 2.75) is 26.8 Å². The smallest absolute Gasteiger partial charge is 0.150 e. The Kier molecular flexibility index (Phi) is 2.86. The summed E-state index contributed by atoms with van der Waals surface area (Å²) in [7, 11) is 0. The number of hydrogen-bond acceptors (Lipinski definition) is 4. The molecule has 0 radical (unpaired) electrons. The zero-order chi connectivity index (χ0) is 10.8. The molecule has 0 spiro atoms. The summed E-state index contributed by atoms with van der Waals surface area (Å²) < 4.78 is 0. The number of aryl methyl sites for hydroxylation is 2. The molecule has 1 aliphatic heterocycles. The van der Waals surface area contributed by atoms with Gasteiger partial charge in [0, 0.05) is 31.9 Å². The minimum absolute atomic E-state index is 0.528. The van der Waals surface area contributed by atoms with Crippen LogP contribution >= 0.6 is 0 Å². The number of nitrogens with zero attached hydrogens (tertiary/aromatic N) is 3. The Labute approximate surface area is 90.7 Å². The van der Waals surface area contributed by atoms with Gasteiger partial charge in [0.25, 0.3) is 0 Å². The van der Waals surface area contributed by atoms with Crippen LogP contribution in [-0.4, -0.2) is 35.6 Å². The molecule has 0 bridgehead atoms. The number of nitrogens with one attached hydrogen (secondary N) is 1. The van der Waals surface area contributed by atoms with E-state index in [1.165, 1.54) is 0 Å². The second-order valence-corrected chi connectivity index (χ2v) is 4.22. The van der Waals surface area contributed by atoms with Crippen molar-refractivity contribution >= 4 is 5.82 Å². The van der Waals surface area contributed by atoms with E-state index in [-0.39, 0.29) is 0 Å². The van der Waals surface area contributed by atoms with Crippen molar-refractivity contribution in [2.24, 2.45) is 0 Å². The highest BCUT2D eigenvalue weighted by molar-refractivity contribution is 5.43. The van der Waals surface area contributed by atoms with Gasteiger partial charge >= 0.3 is 0 Å². The first-order chi connectivity index (χ1) is 7.16. The second kappa shape index (κ2) is 4.14. The Morgan fingerprint density at radius 2 is 2.27 bits per heavy atom. The van der Waals surface area contributed by atoms with Gasteiger partial charge in [-0.2, -0.15) is 0 Å². The minimum atomic E-state index is 0.528. The summed E-state index contributed by atoms with van der Waals surface area (Å²) in [5, 5.41) is 3.43. The van der Waals surface area contributed by atoms with Crippen LogP contribution in [0.25, 0.3) is 0 Å². The maximum atomic E-state index is 4.57. The Balaban J connectivity index is 2.24. The van der Waals surface area contributed by atoms with Crippen LogP contribution in [0, 0.1) is 13.8 Å². The van der Waals surface area contributed by atoms with E-state index in [9.17, 15) is 0 Å². The Bertz CT molecular complexity index is 350. The molecule has 4 nitrogen and oxygen atoms in total. The van der Waals surface area contributed by atoms with Gasteiger partial charge < -0.3 is 10.2 Å². The average Bonchev–Trinajstić information content (AvgIpc) is 2.22. The molecule has 1 aromatic rings. The number of rotatable bonds is 1. The van der Waals surface area contributed by atoms with Crippen LogP contribution in [0.1, 0.15) is 18.3 Å². The zero-order valence-electron chi connectivity index (χ0n) is 9.62.